The van der Waals surface area contributed by atoms with Gasteiger partial charge in [-0.3, -0.25) is 9.59 Å². The first-order chi connectivity index (χ1) is 9.09. The number of benzene rings is 1. The highest BCUT2D eigenvalue weighted by Crippen LogP contribution is 2.39. The lowest BCUT2D eigenvalue weighted by Crippen LogP contribution is -2.53. The fourth-order valence-electron chi connectivity index (χ4n) is 3.37. The van der Waals surface area contributed by atoms with Gasteiger partial charge in [-0.2, -0.15) is 0 Å². The number of amides is 1. The first kappa shape index (κ1) is 12.2. The van der Waals surface area contributed by atoms with Gasteiger partial charge in [0, 0.05) is 18.2 Å². The summed E-state index contributed by atoms with van der Waals surface area (Å²) in [6.45, 7) is 2.80. The minimum atomic E-state index is -0.830. The van der Waals surface area contributed by atoms with Crippen molar-refractivity contribution in [3.63, 3.8) is 0 Å². The zero-order valence-corrected chi connectivity index (χ0v) is 10.9. The Bertz CT molecular complexity index is 540. The molecule has 0 aliphatic carbocycles. The molecule has 0 spiro atoms. The quantitative estimate of drug-likeness (QED) is 0.840. The molecule has 3 atom stereocenters. The summed E-state index contributed by atoms with van der Waals surface area (Å²) in [6.07, 6.45) is 1.73. The molecule has 0 bridgehead atoms. The summed E-state index contributed by atoms with van der Waals surface area (Å²) in [5.74, 6) is -0.952. The largest absolute Gasteiger partial charge is 0.481 e. The first-order valence-electron chi connectivity index (χ1n) is 6.72. The molecule has 2 aliphatic heterocycles. The molecule has 100 valence electrons. The molecule has 1 aromatic rings. The molecule has 1 saturated heterocycles. The normalized spacial score (nSPS) is 29.6. The third-order valence-corrected chi connectivity index (χ3v) is 4.34. The van der Waals surface area contributed by atoms with Gasteiger partial charge >= 0.3 is 5.97 Å². The summed E-state index contributed by atoms with van der Waals surface area (Å²) in [6, 6.07) is 6.93. The van der Waals surface area contributed by atoms with Crippen LogP contribution in [-0.2, 0) is 4.79 Å². The van der Waals surface area contributed by atoms with E-state index in [9.17, 15) is 14.7 Å². The molecule has 1 fully saturated rings. The minimum absolute atomic E-state index is 0.00926. The van der Waals surface area contributed by atoms with E-state index >= 15 is 0 Å². The predicted octanol–water partition coefficient (Wildman–Crippen LogP) is 2.11. The van der Waals surface area contributed by atoms with Crippen LogP contribution in [0, 0.1) is 5.92 Å². The van der Waals surface area contributed by atoms with Crippen molar-refractivity contribution in [2.24, 2.45) is 5.92 Å². The Hall–Kier alpha value is -1.84. The second kappa shape index (κ2) is 4.37. The van der Waals surface area contributed by atoms with Crippen LogP contribution in [-0.4, -0.2) is 34.5 Å². The number of hydrogen-bond acceptors (Lipinski definition) is 2. The number of carboxylic acid groups (broad SMARTS) is 1. The summed E-state index contributed by atoms with van der Waals surface area (Å²) >= 11 is 0. The van der Waals surface area contributed by atoms with Crippen molar-refractivity contribution in [2.75, 3.05) is 6.54 Å². The molecule has 0 aromatic heterocycles. The van der Waals surface area contributed by atoms with Crippen LogP contribution < -0.4 is 0 Å². The van der Waals surface area contributed by atoms with Crippen LogP contribution >= 0.6 is 0 Å². The van der Waals surface area contributed by atoms with E-state index in [4.69, 9.17) is 0 Å². The lowest BCUT2D eigenvalue weighted by atomic mass is 9.76. The van der Waals surface area contributed by atoms with Gasteiger partial charge in [0.25, 0.3) is 5.91 Å². The summed E-state index contributed by atoms with van der Waals surface area (Å²) < 4.78 is 0. The van der Waals surface area contributed by atoms with E-state index in [0.29, 0.717) is 23.6 Å². The van der Waals surface area contributed by atoms with Gasteiger partial charge in [-0.1, -0.05) is 25.1 Å². The Kier molecular flexibility index (Phi) is 2.81. The number of carbonyl (C=O) groups excluding carboxylic acids is 1. The molecule has 0 saturated carbocycles. The van der Waals surface area contributed by atoms with Crippen molar-refractivity contribution in [3.8, 4) is 0 Å². The van der Waals surface area contributed by atoms with Crippen LogP contribution in [0.2, 0.25) is 0 Å². The number of piperidine rings is 1. The lowest BCUT2D eigenvalue weighted by Gasteiger charge is -2.45. The monoisotopic (exact) mass is 259 g/mol. The van der Waals surface area contributed by atoms with Crippen molar-refractivity contribution in [1.82, 2.24) is 4.90 Å². The van der Waals surface area contributed by atoms with Crippen LogP contribution in [0.4, 0.5) is 0 Å². The van der Waals surface area contributed by atoms with E-state index in [2.05, 4.69) is 6.92 Å². The lowest BCUT2D eigenvalue weighted by molar-refractivity contribution is -0.141. The summed E-state index contributed by atoms with van der Waals surface area (Å²) in [5, 5.41) is 9.56. The van der Waals surface area contributed by atoms with Gasteiger partial charge in [0.2, 0.25) is 0 Å². The summed E-state index contributed by atoms with van der Waals surface area (Å²) in [5.41, 5.74) is 1.23. The molecule has 4 nitrogen and oxygen atoms in total. The van der Waals surface area contributed by atoms with E-state index in [1.165, 1.54) is 0 Å². The standard InChI is InChI=1S/C15H17NO3/c1-9-6-7-16-12(8-9)13(15(18)19)10-4-2-3-5-11(10)14(16)17/h2-5,9,12-13H,6-8H2,1H3,(H,18,19)/t9-,12+,13-/m1/s1. The topological polar surface area (TPSA) is 57.6 Å². The maximum Gasteiger partial charge on any atom is 0.313 e. The number of fused-ring (bicyclic) bond motifs is 2. The van der Waals surface area contributed by atoms with E-state index in [-0.39, 0.29) is 11.9 Å². The van der Waals surface area contributed by atoms with Crippen LogP contribution in [0.25, 0.3) is 0 Å². The van der Waals surface area contributed by atoms with Crippen molar-refractivity contribution in [3.05, 3.63) is 35.4 Å². The van der Waals surface area contributed by atoms with Gasteiger partial charge < -0.3 is 10.0 Å². The van der Waals surface area contributed by atoms with Gasteiger partial charge in [-0.15, -0.1) is 0 Å². The average molecular weight is 259 g/mol. The van der Waals surface area contributed by atoms with E-state index < -0.39 is 11.9 Å². The summed E-state index contributed by atoms with van der Waals surface area (Å²) in [4.78, 5) is 25.9. The van der Waals surface area contributed by atoms with E-state index in [1.807, 2.05) is 6.07 Å². The molecule has 1 N–H and O–H groups in total. The van der Waals surface area contributed by atoms with Crippen LogP contribution in [0.3, 0.4) is 0 Å². The number of aliphatic carboxylic acids is 1. The Morgan fingerprint density at radius 1 is 1.37 bits per heavy atom. The highest BCUT2D eigenvalue weighted by Gasteiger charge is 2.45. The van der Waals surface area contributed by atoms with Crippen molar-refractivity contribution >= 4 is 11.9 Å². The minimum Gasteiger partial charge on any atom is -0.481 e. The fourth-order valence-corrected chi connectivity index (χ4v) is 3.37. The molecule has 2 aliphatic rings. The van der Waals surface area contributed by atoms with Crippen LogP contribution in [0.15, 0.2) is 24.3 Å². The average Bonchev–Trinajstić information content (AvgIpc) is 2.38. The molecule has 0 unspecified atom stereocenters. The molecular weight excluding hydrogens is 242 g/mol. The molecule has 2 heterocycles. The zero-order chi connectivity index (χ0) is 13.6. The Labute approximate surface area is 112 Å². The van der Waals surface area contributed by atoms with Crippen molar-refractivity contribution in [1.29, 1.82) is 0 Å². The van der Waals surface area contributed by atoms with Gasteiger partial charge in [-0.05, 0) is 30.4 Å². The first-order valence-corrected chi connectivity index (χ1v) is 6.72. The third kappa shape index (κ3) is 1.82. The maximum atomic E-state index is 12.5. The maximum absolute atomic E-state index is 12.5. The zero-order valence-electron chi connectivity index (χ0n) is 10.9. The second-order valence-corrected chi connectivity index (χ2v) is 5.60. The van der Waals surface area contributed by atoms with E-state index in [1.54, 1.807) is 23.1 Å². The van der Waals surface area contributed by atoms with Crippen LogP contribution in [0.5, 0.6) is 0 Å². The smallest absolute Gasteiger partial charge is 0.313 e. The van der Waals surface area contributed by atoms with Crippen LogP contribution in [0.1, 0.15) is 41.6 Å². The molecule has 19 heavy (non-hydrogen) atoms. The molecule has 3 rings (SSSR count). The van der Waals surface area contributed by atoms with Crippen molar-refractivity contribution in [2.45, 2.75) is 31.7 Å². The Morgan fingerprint density at radius 3 is 2.84 bits per heavy atom. The Morgan fingerprint density at radius 2 is 2.11 bits per heavy atom. The molecule has 1 amide bonds. The fraction of sp³-hybridized carbons (Fsp3) is 0.467. The third-order valence-electron chi connectivity index (χ3n) is 4.34. The van der Waals surface area contributed by atoms with Gasteiger partial charge in [0.1, 0.15) is 5.92 Å². The second-order valence-electron chi connectivity index (χ2n) is 5.60. The molecule has 0 radical (unpaired) electrons. The Balaban J connectivity index is 2.12. The number of carbonyl (C=O) groups is 2. The predicted molar refractivity (Wildman–Crippen MR) is 70.0 cm³/mol. The number of rotatable bonds is 1. The van der Waals surface area contributed by atoms with Gasteiger partial charge in [-0.25, -0.2) is 0 Å². The molecule has 4 heteroatoms. The number of nitrogens with zero attached hydrogens (tertiary/aromatic N) is 1. The summed E-state index contributed by atoms with van der Waals surface area (Å²) in [7, 11) is 0. The molecular formula is C15H17NO3. The number of carboxylic acids is 1. The highest BCUT2D eigenvalue weighted by molar-refractivity contribution is 6.00. The van der Waals surface area contributed by atoms with E-state index in [0.717, 1.165) is 12.8 Å². The van der Waals surface area contributed by atoms with Gasteiger partial charge in [0.05, 0.1) is 0 Å². The number of hydrogen-bond donors (Lipinski definition) is 1. The van der Waals surface area contributed by atoms with Gasteiger partial charge in [0.15, 0.2) is 0 Å². The molecule has 1 aromatic carbocycles. The highest BCUT2D eigenvalue weighted by atomic mass is 16.4. The van der Waals surface area contributed by atoms with Crippen molar-refractivity contribution < 1.29 is 14.7 Å². The SMILES string of the molecule is C[C@@H]1CCN2C(=O)c3ccccc3[C@@H](C(=O)O)[C@@H]2C1.